The fourth-order valence-electron chi connectivity index (χ4n) is 3.64. The number of nitrogens with one attached hydrogen (secondary N) is 1. The van der Waals surface area contributed by atoms with Gasteiger partial charge in [-0.05, 0) is 41.5 Å². The topological polar surface area (TPSA) is 67.9 Å². The molecule has 1 N–H and O–H groups in total. The monoisotopic (exact) mass is 450 g/mol. The highest BCUT2D eigenvalue weighted by Gasteiger charge is 2.39. The Morgan fingerprint density at radius 3 is 2.47 bits per heavy atom. The number of ether oxygens (including phenoxy) is 2. The van der Waals surface area contributed by atoms with Gasteiger partial charge in [0.15, 0.2) is 11.5 Å². The van der Waals surface area contributed by atoms with Crippen molar-refractivity contribution < 1.29 is 23.5 Å². The molecule has 3 aromatic rings. The minimum absolute atomic E-state index is 0.00829. The van der Waals surface area contributed by atoms with Gasteiger partial charge in [0.2, 0.25) is 6.79 Å². The lowest BCUT2D eigenvalue weighted by atomic mass is 10.0. The van der Waals surface area contributed by atoms with Gasteiger partial charge in [0.1, 0.15) is 11.5 Å². The van der Waals surface area contributed by atoms with Gasteiger partial charge in [-0.1, -0.05) is 41.9 Å². The fraction of sp³-hybridized carbons (Fsp3) is 0.0833. The van der Waals surface area contributed by atoms with Crippen molar-refractivity contribution in [3.05, 3.63) is 94.4 Å². The molecule has 0 saturated carbocycles. The largest absolute Gasteiger partial charge is 0.454 e. The Balaban J connectivity index is 1.54. The van der Waals surface area contributed by atoms with Crippen molar-refractivity contribution in [3.8, 4) is 11.5 Å². The number of imide groups is 1. The van der Waals surface area contributed by atoms with Crippen LogP contribution in [0.1, 0.15) is 11.1 Å². The first-order valence-corrected chi connectivity index (χ1v) is 10.2. The van der Waals surface area contributed by atoms with Gasteiger partial charge in [-0.15, -0.1) is 0 Å². The van der Waals surface area contributed by atoms with Crippen molar-refractivity contribution in [2.24, 2.45) is 0 Å². The zero-order chi connectivity index (χ0) is 22.2. The second-order valence-electron chi connectivity index (χ2n) is 7.24. The molecule has 0 bridgehead atoms. The van der Waals surface area contributed by atoms with Gasteiger partial charge < -0.3 is 14.8 Å². The Kier molecular flexibility index (Phi) is 5.03. The van der Waals surface area contributed by atoms with E-state index in [1.165, 1.54) is 24.3 Å². The van der Waals surface area contributed by atoms with E-state index in [1.54, 1.807) is 42.5 Å². The van der Waals surface area contributed by atoms with Crippen molar-refractivity contribution in [2.45, 2.75) is 6.54 Å². The molecular weight excluding hydrogens is 435 g/mol. The second-order valence-corrected chi connectivity index (χ2v) is 7.64. The number of fused-ring (bicyclic) bond motifs is 1. The van der Waals surface area contributed by atoms with Gasteiger partial charge in [-0.2, -0.15) is 0 Å². The summed E-state index contributed by atoms with van der Waals surface area (Å²) in [6, 6.07) is 17.6. The molecule has 2 heterocycles. The maximum Gasteiger partial charge on any atom is 0.278 e. The number of rotatable bonds is 5. The van der Waals surface area contributed by atoms with E-state index >= 15 is 0 Å². The van der Waals surface area contributed by atoms with Crippen LogP contribution in [0.2, 0.25) is 5.02 Å². The molecule has 32 heavy (non-hydrogen) atoms. The number of nitrogens with zero attached hydrogens (tertiary/aromatic N) is 1. The zero-order valence-corrected chi connectivity index (χ0v) is 17.4. The van der Waals surface area contributed by atoms with Crippen LogP contribution in [-0.4, -0.2) is 23.5 Å². The summed E-state index contributed by atoms with van der Waals surface area (Å²) in [4.78, 5) is 27.8. The van der Waals surface area contributed by atoms with E-state index in [9.17, 15) is 14.0 Å². The smallest absolute Gasteiger partial charge is 0.278 e. The second kappa shape index (κ2) is 8.01. The molecule has 3 aromatic carbocycles. The van der Waals surface area contributed by atoms with Gasteiger partial charge in [-0.25, -0.2) is 4.39 Å². The van der Waals surface area contributed by atoms with Crippen LogP contribution in [0.25, 0.3) is 5.57 Å². The molecule has 0 spiro atoms. The number of carbonyl (C=O) groups excluding carboxylic acids is 2. The van der Waals surface area contributed by atoms with Crippen LogP contribution in [-0.2, 0) is 16.1 Å². The van der Waals surface area contributed by atoms with Crippen LogP contribution in [0.5, 0.6) is 11.5 Å². The van der Waals surface area contributed by atoms with E-state index < -0.39 is 17.6 Å². The van der Waals surface area contributed by atoms with Crippen LogP contribution in [0, 0.1) is 5.82 Å². The average Bonchev–Trinajstić information content (AvgIpc) is 3.34. The summed E-state index contributed by atoms with van der Waals surface area (Å²) in [5.74, 6) is -0.318. The summed E-state index contributed by atoms with van der Waals surface area (Å²) < 4.78 is 24.2. The number of amides is 2. The summed E-state index contributed by atoms with van der Waals surface area (Å²) >= 11 is 6.24. The molecule has 6 nitrogen and oxygen atoms in total. The molecule has 2 amide bonds. The molecule has 0 radical (unpaired) electrons. The van der Waals surface area contributed by atoms with E-state index in [-0.39, 0.29) is 24.6 Å². The molecule has 2 aliphatic heterocycles. The number of hydrogen-bond acceptors (Lipinski definition) is 5. The molecule has 0 aliphatic carbocycles. The minimum Gasteiger partial charge on any atom is -0.454 e. The first-order valence-electron chi connectivity index (χ1n) is 9.78. The lowest BCUT2D eigenvalue weighted by Gasteiger charge is -2.16. The Hall–Kier alpha value is -3.84. The van der Waals surface area contributed by atoms with Gasteiger partial charge in [0.05, 0.1) is 12.1 Å². The van der Waals surface area contributed by atoms with Gasteiger partial charge >= 0.3 is 0 Å². The van der Waals surface area contributed by atoms with Crippen LogP contribution >= 0.6 is 11.6 Å². The Labute approximate surface area is 187 Å². The Bertz CT molecular complexity index is 1270. The van der Waals surface area contributed by atoms with E-state index in [0.29, 0.717) is 33.3 Å². The van der Waals surface area contributed by atoms with Crippen LogP contribution < -0.4 is 14.8 Å². The first-order chi connectivity index (χ1) is 15.5. The maximum atomic E-state index is 13.5. The van der Waals surface area contributed by atoms with Gasteiger partial charge in [0, 0.05) is 16.8 Å². The number of benzene rings is 3. The van der Waals surface area contributed by atoms with Crippen molar-refractivity contribution in [1.29, 1.82) is 0 Å². The number of carbonyl (C=O) groups is 2. The number of halogens is 2. The maximum absolute atomic E-state index is 13.5. The summed E-state index contributed by atoms with van der Waals surface area (Å²) in [6.07, 6.45) is 0. The highest BCUT2D eigenvalue weighted by Crippen LogP contribution is 2.37. The summed E-state index contributed by atoms with van der Waals surface area (Å²) in [6.45, 7) is 0.125. The zero-order valence-electron chi connectivity index (χ0n) is 16.6. The SMILES string of the molecule is O=C1C(Nc2ccc3c(c2)OCO3)=C(c2ccc(F)cc2)C(=O)N1Cc1ccccc1Cl. The van der Waals surface area contributed by atoms with Crippen molar-refractivity contribution >= 4 is 34.7 Å². The summed E-state index contributed by atoms with van der Waals surface area (Å²) in [5, 5.41) is 3.50. The lowest BCUT2D eigenvalue weighted by molar-refractivity contribution is -0.137. The highest BCUT2D eigenvalue weighted by atomic mass is 35.5. The molecule has 160 valence electrons. The highest BCUT2D eigenvalue weighted by molar-refractivity contribution is 6.36. The summed E-state index contributed by atoms with van der Waals surface area (Å²) in [5.41, 5.74) is 1.85. The van der Waals surface area contributed by atoms with E-state index in [1.807, 2.05) is 0 Å². The molecule has 0 unspecified atom stereocenters. The third-order valence-electron chi connectivity index (χ3n) is 5.23. The molecule has 0 fully saturated rings. The predicted octanol–water partition coefficient (Wildman–Crippen LogP) is 4.60. The average molecular weight is 451 g/mol. The van der Waals surface area contributed by atoms with Gasteiger partial charge in [0.25, 0.3) is 11.8 Å². The van der Waals surface area contributed by atoms with E-state index in [4.69, 9.17) is 21.1 Å². The fourth-order valence-corrected chi connectivity index (χ4v) is 3.83. The van der Waals surface area contributed by atoms with Gasteiger partial charge in [-0.3, -0.25) is 14.5 Å². The van der Waals surface area contributed by atoms with E-state index in [2.05, 4.69) is 5.32 Å². The quantitative estimate of drug-likeness (QED) is 0.575. The standard InChI is InChI=1S/C24H16ClFN2O4/c25-18-4-2-1-3-15(18)12-28-23(29)21(14-5-7-16(26)8-6-14)22(24(28)30)27-17-9-10-19-20(11-17)32-13-31-19/h1-11,27H,12-13H2. The Morgan fingerprint density at radius 2 is 1.69 bits per heavy atom. The molecule has 0 saturated heterocycles. The minimum atomic E-state index is -0.507. The molecule has 0 atom stereocenters. The third-order valence-corrected chi connectivity index (χ3v) is 5.60. The van der Waals surface area contributed by atoms with Crippen molar-refractivity contribution in [3.63, 3.8) is 0 Å². The van der Waals surface area contributed by atoms with Crippen molar-refractivity contribution in [1.82, 2.24) is 4.90 Å². The van der Waals surface area contributed by atoms with E-state index in [0.717, 1.165) is 4.90 Å². The number of hydrogen-bond donors (Lipinski definition) is 1. The van der Waals surface area contributed by atoms with Crippen LogP contribution in [0.4, 0.5) is 10.1 Å². The molecule has 8 heteroatoms. The molecule has 0 aromatic heterocycles. The van der Waals surface area contributed by atoms with Crippen LogP contribution in [0.15, 0.2) is 72.4 Å². The molecule has 2 aliphatic rings. The lowest BCUT2D eigenvalue weighted by Crippen LogP contribution is -2.32. The third kappa shape index (κ3) is 3.56. The predicted molar refractivity (Wildman–Crippen MR) is 117 cm³/mol. The molecular formula is C24H16ClFN2O4. The Morgan fingerprint density at radius 1 is 0.938 bits per heavy atom. The first kappa shape index (κ1) is 20.1. The van der Waals surface area contributed by atoms with Crippen LogP contribution in [0.3, 0.4) is 0 Å². The summed E-state index contributed by atoms with van der Waals surface area (Å²) in [7, 11) is 0. The normalized spacial score (nSPS) is 15.0. The number of anilines is 1. The molecule has 5 rings (SSSR count). The van der Waals surface area contributed by atoms with Crippen molar-refractivity contribution in [2.75, 3.05) is 12.1 Å².